The SMILES string of the molecule is CC[C@H](C)n1cnc2cc(-c3ccc4c(c3)N([C@H]3C[C@@H](N5CCC6(C5)CC6(F)F)C3)C(=O)C43CCN(C(=O)OC(C)(C)C)CC3)nc(Nc3ccc(C)c(C(=O)NC)c3)c21. The molecule has 2 saturated heterocycles. The predicted molar refractivity (Wildman–Crippen MR) is 227 cm³/mol. The summed E-state index contributed by atoms with van der Waals surface area (Å²) in [5, 5.41) is 6.25. The molecule has 5 heterocycles. The van der Waals surface area contributed by atoms with Crippen LogP contribution in [-0.2, 0) is 14.9 Å². The molecular formula is C46H56F2N8O4. The molecule has 2 spiro atoms. The number of fused-ring (bicyclic) bond motifs is 3. The van der Waals surface area contributed by atoms with E-state index in [1.54, 1.807) is 11.9 Å². The second-order valence-electron chi connectivity index (χ2n) is 19.0. The number of carbonyl (C=O) groups is 3. The van der Waals surface area contributed by atoms with Gasteiger partial charge in [0.1, 0.15) is 11.1 Å². The summed E-state index contributed by atoms with van der Waals surface area (Å²) in [6, 6.07) is 14.0. The molecule has 4 fully saturated rings. The van der Waals surface area contributed by atoms with Gasteiger partial charge in [-0.05, 0) is 115 Å². The smallest absolute Gasteiger partial charge is 0.410 e. The third-order valence-electron chi connectivity index (χ3n) is 14.1. The van der Waals surface area contributed by atoms with Crippen molar-refractivity contribution in [1.82, 2.24) is 29.7 Å². The first-order valence-corrected chi connectivity index (χ1v) is 21.5. The lowest BCUT2D eigenvalue weighted by Gasteiger charge is -2.46. The van der Waals surface area contributed by atoms with Gasteiger partial charge >= 0.3 is 6.09 Å². The quantitative estimate of drug-likeness (QED) is 0.182. The first-order chi connectivity index (χ1) is 28.5. The van der Waals surface area contributed by atoms with Gasteiger partial charge in [-0.2, -0.15) is 0 Å². The molecule has 12 nitrogen and oxygen atoms in total. The van der Waals surface area contributed by atoms with E-state index >= 15 is 4.79 Å². The van der Waals surface area contributed by atoms with E-state index in [4.69, 9.17) is 14.7 Å². The number of benzene rings is 2. The van der Waals surface area contributed by atoms with Crippen molar-refractivity contribution >= 4 is 46.1 Å². The molecule has 60 heavy (non-hydrogen) atoms. The van der Waals surface area contributed by atoms with Crippen LogP contribution in [0.1, 0.15) is 107 Å². The highest BCUT2D eigenvalue weighted by molar-refractivity contribution is 6.09. The van der Waals surface area contributed by atoms with E-state index in [2.05, 4.69) is 46.1 Å². The lowest BCUT2D eigenvalue weighted by Crippen LogP contribution is -2.57. The van der Waals surface area contributed by atoms with Gasteiger partial charge < -0.3 is 29.7 Å². The molecule has 0 radical (unpaired) electrons. The standard InChI is InChI=1S/C46H56F2N8O4/c1-8-28(3)55-26-50-36-23-35(52-39(38(36)55)51-30-11-9-27(2)33(20-30)40(57)49-7)29-10-12-34-37(19-29)56(32-21-31(22-32)54-16-13-44(25-54)24-46(44,47)48)41(58)45(34)14-17-53(18-15-45)42(59)60-43(4,5)6/h9-12,19-20,23,26,28,31-32H,8,13-18,21-22,24-25H2,1-7H3,(H,49,57)(H,51,52)/t28-,31-,32+,44?/m0/s1. The first kappa shape index (κ1) is 40.3. The minimum atomic E-state index is -2.57. The van der Waals surface area contributed by atoms with Gasteiger partial charge in [-0.25, -0.2) is 23.5 Å². The molecule has 0 bridgehead atoms. The van der Waals surface area contributed by atoms with Gasteiger partial charge in [-0.1, -0.05) is 25.1 Å². The Morgan fingerprint density at radius 1 is 1.02 bits per heavy atom. The van der Waals surface area contributed by atoms with Gasteiger partial charge in [0, 0.05) is 73.7 Å². The number of aromatic nitrogens is 3. The first-order valence-electron chi connectivity index (χ1n) is 21.5. The maximum atomic E-state index is 15.0. The Morgan fingerprint density at radius 3 is 2.40 bits per heavy atom. The van der Waals surface area contributed by atoms with Gasteiger partial charge in [0.25, 0.3) is 11.8 Å². The minimum Gasteiger partial charge on any atom is -0.444 e. The van der Waals surface area contributed by atoms with Crippen LogP contribution in [-0.4, -0.2) is 99.1 Å². The van der Waals surface area contributed by atoms with Crippen molar-refractivity contribution in [2.75, 3.05) is 43.4 Å². The number of ether oxygens (including phenoxy) is 1. The normalized spacial score (nSPS) is 24.8. The Bertz CT molecular complexity index is 2390. The Morgan fingerprint density at radius 2 is 1.75 bits per heavy atom. The van der Waals surface area contributed by atoms with Crippen molar-refractivity contribution in [2.24, 2.45) is 5.41 Å². The molecule has 2 atom stereocenters. The van der Waals surface area contributed by atoms with E-state index in [1.165, 1.54) is 0 Å². The molecule has 2 aromatic carbocycles. The molecule has 5 aliphatic rings. The lowest BCUT2D eigenvalue weighted by molar-refractivity contribution is -0.126. The van der Waals surface area contributed by atoms with Crippen LogP contribution < -0.4 is 15.5 Å². The van der Waals surface area contributed by atoms with Gasteiger partial charge in [0.15, 0.2) is 5.82 Å². The van der Waals surface area contributed by atoms with Gasteiger partial charge in [-0.3, -0.25) is 14.5 Å². The maximum Gasteiger partial charge on any atom is 0.410 e. The number of nitrogens with one attached hydrogen (secondary N) is 2. The zero-order valence-electron chi connectivity index (χ0n) is 35.7. The van der Waals surface area contributed by atoms with E-state index in [1.807, 2.05) is 69.3 Å². The molecule has 2 N–H and O–H groups in total. The molecule has 2 saturated carbocycles. The van der Waals surface area contributed by atoms with Crippen LogP contribution in [0.4, 0.5) is 30.8 Å². The molecular weight excluding hydrogens is 767 g/mol. The highest BCUT2D eigenvalue weighted by Crippen LogP contribution is 2.65. The fourth-order valence-corrected chi connectivity index (χ4v) is 10.1. The number of imidazole rings is 1. The minimum absolute atomic E-state index is 0.0206. The highest BCUT2D eigenvalue weighted by Gasteiger charge is 2.73. The van der Waals surface area contributed by atoms with E-state index < -0.39 is 22.4 Å². The zero-order valence-corrected chi connectivity index (χ0v) is 35.7. The molecule has 9 rings (SSSR count). The molecule has 4 aromatic rings. The second kappa shape index (κ2) is 14.2. The fraction of sp³-hybridized carbons (Fsp3) is 0.543. The Kier molecular flexibility index (Phi) is 9.57. The van der Waals surface area contributed by atoms with Crippen molar-refractivity contribution in [3.63, 3.8) is 0 Å². The van der Waals surface area contributed by atoms with Crippen LogP contribution in [0.15, 0.2) is 48.8 Å². The third-order valence-corrected chi connectivity index (χ3v) is 14.1. The van der Waals surface area contributed by atoms with Crippen LogP contribution in [0.3, 0.4) is 0 Å². The maximum absolute atomic E-state index is 15.0. The van der Waals surface area contributed by atoms with Crippen molar-refractivity contribution in [3.05, 3.63) is 65.5 Å². The monoisotopic (exact) mass is 822 g/mol. The van der Waals surface area contributed by atoms with Gasteiger partial charge in [-0.15, -0.1) is 0 Å². The number of aryl methyl sites for hydroxylation is 1. The summed E-state index contributed by atoms with van der Waals surface area (Å²) in [6.07, 6.45) is 5.23. The number of rotatable bonds is 8. The number of piperidine rings is 1. The number of nitrogens with zero attached hydrogens (tertiary/aromatic N) is 6. The van der Waals surface area contributed by atoms with E-state index in [9.17, 15) is 18.4 Å². The number of pyridine rings is 1. The van der Waals surface area contributed by atoms with E-state index in [0.717, 1.165) is 52.7 Å². The Labute approximate surface area is 350 Å². The summed E-state index contributed by atoms with van der Waals surface area (Å²) in [5.41, 5.74) is 4.71. The predicted octanol–water partition coefficient (Wildman–Crippen LogP) is 8.36. The molecule has 3 aliphatic heterocycles. The fourth-order valence-electron chi connectivity index (χ4n) is 10.1. The number of hydrogen-bond acceptors (Lipinski definition) is 8. The summed E-state index contributed by atoms with van der Waals surface area (Å²) >= 11 is 0. The van der Waals surface area contributed by atoms with E-state index in [0.29, 0.717) is 68.2 Å². The van der Waals surface area contributed by atoms with Gasteiger partial charge in [0.05, 0.1) is 28.4 Å². The summed E-state index contributed by atoms with van der Waals surface area (Å²) < 4.78 is 36.5. The number of carbonyl (C=O) groups excluding carboxylic acids is 3. The number of alkyl halides is 2. The summed E-state index contributed by atoms with van der Waals surface area (Å²) in [5.74, 6) is -2.11. The zero-order chi connectivity index (χ0) is 42.5. The van der Waals surface area contributed by atoms with Crippen LogP contribution in [0.2, 0.25) is 0 Å². The van der Waals surface area contributed by atoms with Crippen LogP contribution >= 0.6 is 0 Å². The number of hydrogen-bond donors (Lipinski definition) is 2. The van der Waals surface area contributed by atoms with Crippen LogP contribution in [0.5, 0.6) is 0 Å². The Hall–Kier alpha value is -5.11. The second-order valence-corrected chi connectivity index (χ2v) is 19.0. The number of halogens is 2. The molecule has 1 unspecified atom stereocenters. The average Bonchev–Trinajstić information content (AvgIpc) is 3.58. The third kappa shape index (κ3) is 6.60. The summed E-state index contributed by atoms with van der Waals surface area (Å²) in [7, 11) is 1.62. The van der Waals surface area contributed by atoms with Crippen LogP contribution in [0.25, 0.3) is 22.3 Å². The number of amides is 3. The number of likely N-dealkylation sites (tertiary alicyclic amines) is 2. The molecule has 2 aliphatic carbocycles. The van der Waals surface area contributed by atoms with Crippen molar-refractivity contribution < 1.29 is 27.9 Å². The van der Waals surface area contributed by atoms with E-state index in [-0.39, 0.29) is 42.5 Å². The Balaban J connectivity index is 1.07. The average molecular weight is 823 g/mol. The van der Waals surface area contributed by atoms with Crippen molar-refractivity contribution in [2.45, 2.75) is 122 Å². The lowest BCUT2D eigenvalue weighted by atomic mass is 9.73. The largest absolute Gasteiger partial charge is 0.444 e. The summed E-state index contributed by atoms with van der Waals surface area (Å²) in [6.45, 7) is 13.6. The molecule has 318 valence electrons. The van der Waals surface area contributed by atoms with Crippen molar-refractivity contribution in [1.29, 1.82) is 0 Å². The van der Waals surface area contributed by atoms with Crippen LogP contribution in [0, 0.1) is 12.3 Å². The van der Waals surface area contributed by atoms with Gasteiger partial charge in [0.2, 0.25) is 5.91 Å². The number of anilines is 3. The topological polar surface area (TPSA) is 125 Å². The molecule has 2 aromatic heterocycles. The van der Waals surface area contributed by atoms with Crippen molar-refractivity contribution in [3.8, 4) is 11.3 Å². The molecule has 3 amide bonds. The highest BCUT2D eigenvalue weighted by atomic mass is 19.3. The summed E-state index contributed by atoms with van der Waals surface area (Å²) in [4.78, 5) is 56.9. The molecule has 14 heteroatoms.